The number of anilines is 5. The average Bonchev–Trinajstić information content (AvgIpc) is 2.75. The highest BCUT2D eigenvalue weighted by Crippen LogP contribution is 2.25. The molecule has 0 aliphatic heterocycles. The van der Waals surface area contributed by atoms with Crippen LogP contribution < -0.4 is 20.7 Å². The third kappa shape index (κ3) is 6.80. The lowest BCUT2D eigenvalue weighted by atomic mass is 10.3. The monoisotopic (exact) mass is 456 g/mol. The second-order valence-electron chi connectivity index (χ2n) is 6.57. The standard InChI is InChI=1S/C21H24N6O4S/c1-14(28)23-18-5-4-6-19(25-18)26-20-17(32(3)29)13-22-21(27-20)24-15-7-9-16(10-8-15)31-12-11-30-2/h4-10,13H,11-12H2,1-3H3,(H3,22,23,24,25,26,27,28). The molecule has 10 nitrogen and oxygen atoms in total. The Morgan fingerprint density at radius 2 is 1.81 bits per heavy atom. The third-order valence-corrected chi connectivity index (χ3v) is 4.95. The Kier molecular flexibility index (Phi) is 8.20. The Morgan fingerprint density at radius 3 is 2.50 bits per heavy atom. The molecule has 32 heavy (non-hydrogen) atoms. The molecule has 0 aliphatic rings. The third-order valence-electron chi connectivity index (χ3n) is 4.03. The number of amides is 1. The maximum absolute atomic E-state index is 12.2. The van der Waals surface area contributed by atoms with Gasteiger partial charge in [-0.3, -0.25) is 4.79 Å². The highest BCUT2D eigenvalue weighted by molar-refractivity contribution is 7.90. The van der Waals surface area contributed by atoms with Crippen molar-refractivity contribution in [3.63, 3.8) is 0 Å². The minimum atomic E-state index is -1.33. The molecule has 2 heterocycles. The lowest BCUT2D eigenvalue weighted by Gasteiger charge is -2.13. The zero-order valence-electron chi connectivity index (χ0n) is 17.9. The quantitative estimate of drug-likeness (QED) is 0.311. The molecule has 1 aromatic carbocycles. The van der Waals surface area contributed by atoms with Crippen molar-refractivity contribution >= 4 is 46.2 Å². The summed E-state index contributed by atoms with van der Waals surface area (Å²) in [5.41, 5.74) is 0.756. The lowest BCUT2D eigenvalue weighted by Crippen LogP contribution is -2.10. The lowest BCUT2D eigenvalue weighted by molar-refractivity contribution is -0.114. The molecule has 3 N–H and O–H groups in total. The van der Waals surface area contributed by atoms with Crippen molar-refractivity contribution in [1.29, 1.82) is 0 Å². The molecule has 0 aliphatic carbocycles. The molecule has 0 saturated carbocycles. The average molecular weight is 457 g/mol. The number of nitrogens with one attached hydrogen (secondary N) is 3. The Hall–Kier alpha value is -3.41. The van der Waals surface area contributed by atoms with Gasteiger partial charge in [0.05, 0.1) is 12.8 Å². The fourth-order valence-electron chi connectivity index (χ4n) is 2.61. The molecule has 11 heteroatoms. The van der Waals surface area contributed by atoms with Crippen LogP contribution in [0.1, 0.15) is 6.92 Å². The fraction of sp³-hybridized carbons (Fsp3) is 0.238. The van der Waals surface area contributed by atoms with Crippen molar-refractivity contribution in [3.05, 3.63) is 48.7 Å². The molecule has 3 rings (SSSR count). The van der Waals surface area contributed by atoms with Crippen molar-refractivity contribution in [2.45, 2.75) is 11.8 Å². The predicted molar refractivity (Wildman–Crippen MR) is 123 cm³/mol. The summed E-state index contributed by atoms with van der Waals surface area (Å²) in [6.07, 6.45) is 3.04. The number of nitrogens with zero attached hydrogens (tertiary/aromatic N) is 3. The second-order valence-corrected chi connectivity index (χ2v) is 7.91. The van der Waals surface area contributed by atoms with E-state index in [0.29, 0.717) is 41.5 Å². The van der Waals surface area contributed by atoms with Crippen LogP contribution in [-0.2, 0) is 20.7 Å². The molecule has 0 saturated heterocycles. The first-order valence-corrected chi connectivity index (χ1v) is 11.2. The fourth-order valence-corrected chi connectivity index (χ4v) is 3.18. The Labute approximate surface area is 189 Å². The van der Waals surface area contributed by atoms with E-state index in [1.165, 1.54) is 13.1 Å². The molecule has 1 amide bonds. The molecule has 2 aromatic heterocycles. The van der Waals surface area contributed by atoms with Crippen molar-refractivity contribution in [2.24, 2.45) is 0 Å². The van der Waals surface area contributed by atoms with Gasteiger partial charge in [0, 0.05) is 19.7 Å². The number of hydrogen-bond acceptors (Lipinski definition) is 9. The van der Waals surface area contributed by atoms with Crippen molar-refractivity contribution in [2.75, 3.05) is 42.5 Å². The van der Waals surface area contributed by atoms with Gasteiger partial charge < -0.3 is 30.0 Å². The van der Waals surface area contributed by atoms with Crippen LogP contribution in [0.3, 0.4) is 0 Å². The molecule has 0 fully saturated rings. The van der Waals surface area contributed by atoms with Gasteiger partial charge in [-0.2, -0.15) is 4.98 Å². The van der Waals surface area contributed by atoms with Gasteiger partial charge in [0.2, 0.25) is 16.8 Å². The molecule has 1 unspecified atom stereocenters. The van der Waals surface area contributed by atoms with Gasteiger partial charge in [-0.1, -0.05) is 6.07 Å². The van der Waals surface area contributed by atoms with Crippen LogP contribution in [0.15, 0.2) is 53.6 Å². The Bertz CT molecular complexity index is 1050. The van der Waals surface area contributed by atoms with E-state index in [1.807, 2.05) is 24.3 Å². The number of ether oxygens (including phenoxy) is 2. The van der Waals surface area contributed by atoms with Crippen LogP contribution in [0, 0.1) is 0 Å². The zero-order chi connectivity index (χ0) is 22.9. The van der Waals surface area contributed by atoms with Crippen LogP contribution in [0.2, 0.25) is 0 Å². The largest absolute Gasteiger partial charge is 0.612 e. The maximum Gasteiger partial charge on any atom is 0.229 e. The van der Waals surface area contributed by atoms with E-state index in [-0.39, 0.29) is 5.91 Å². The SMILES string of the molecule is COCCOc1ccc(Nc2ncc([S+](C)[O-])c(Nc3cccc(NC(C)=O)n3)n2)cc1. The van der Waals surface area contributed by atoms with E-state index in [2.05, 4.69) is 30.9 Å². The summed E-state index contributed by atoms with van der Waals surface area (Å²) in [4.78, 5) is 24.7. The number of hydrogen-bond donors (Lipinski definition) is 3. The molecule has 0 bridgehead atoms. The van der Waals surface area contributed by atoms with E-state index in [9.17, 15) is 9.35 Å². The smallest absolute Gasteiger partial charge is 0.229 e. The van der Waals surface area contributed by atoms with Crippen LogP contribution >= 0.6 is 0 Å². The molecule has 1 atom stereocenters. The Morgan fingerprint density at radius 1 is 1.06 bits per heavy atom. The number of rotatable bonds is 10. The molecule has 168 valence electrons. The minimum Gasteiger partial charge on any atom is -0.612 e. The van der Waals surface area contributed by atoms with Crippen LogP contribution in [-0.4, -0.2) is 52.0 Å². The van der Waals surface area contributed by atoms with Gasteiger partial charge in [0.15, 0.2) is 5.82 Å². The van der Waals surface area contributed by atoms with E-state index in [1.54, 1.807) is 31.6 Å². The van der Waals surface area contributed by atoms with Gasteiger partial charge in [-0.05, 0) is 47.6 Å². The summed E-state index contributed by atoms with van der Waals surface area (Å²) in [6, 6.07) is 12.4. The van der Waals surface area contributed by atoms with Crippen molar-refractivity contribution in [3.8, 4) is 5.75 Å². The molecule has 0 spiro atoms. The van der Waals surface area contributed by atoms with Gasteiger partial charge in [0.1, 0.15) is 30.2 Å². The zero-order valence-corrected chi connectivity index (χ0v) is 18.7. The van der Waals surface area contributed by atoms with Crippen molar-refractivity contribution < 1.29 is 18.8 Å². The van der Waals surface area contributed by atoms with Crippen molar-refractivity contribution in [1.82, 2.24) is 15.0 Å². The number of pyridine rings is 1. The molecular weight excluding hydrogens is 432 g/mol. The summed E-state index contributed by atoms with van der Waals surface area (Å²) in [7, 11) is 1.62. The number of carbonyl (C=O) groups is 1. The van der Waals surface area contributed by atoms with Gasteiger partial charge in [-0.15, -0.1) is 0 Å². The molecule has 3 aromatic rings. The number of carbonyl (C=O) groups excluding carboxylic acids is 1. The van der Waals surface area contributed by atoms with Gasteiger partial charge >= 0.3 is 0 Å². The number of methoxy groups -OCH3 is 1. The summed E-state index contributed by atoms with van der Waals surface area (Å²) < 4.78 is 22.7. The summed E-state index contributed by atoms with van der Waals surface area (Å²) >= 11 is -1.33. The highest BCUT2D eigenvalue weighted by Gasteiger charge is 2.17. The first-order valence-electron chi connectivity index (χ1n) is 9.65. The number of benzene rings is 1. The minimum absolute atomic E-state index is 0.228. The number of aromatic nitrogens is 3. The molecule has 0 radical (unpaired) electrons. The van der Waals surface area contributed by atoms with E-state index in [4.69, 9.17) is 9.47 Å². The van der Waals surface area contributed by atoms with Crippen LogP contribution in [0.4, 0.5) is 29.1 Å². The topological polar surface area (TPSA) is 133 Å². The van der Waals surface area contributed by atoms with E-state index < -0.39 is 11.2 Å². The predicted octanol–water partition coefficient (Wildman–Crippen LogP) is 3.08. The van der Waals surface area contributed by atoms with Gasteiger partial charge in [-0.25, -0.2) is 9.97 Å². The first kappa shape index (κ1) is 23.3. The Balaban J connectivity index is 1.77. The van der Waals surface area contributed by atoms with Crippen LogP contribution in [0.25, 0.3) is 0 Å². The summed E-state index contributed by atoms with van der Waals surface area (Å²) in [5.74, 6) is 1.97. The first-order chi connectivity index (χ1) is 15.4. The van der Waals surface area contributed by atoms with Gasteiger partial charge in [0.25, 0.3) is 0 Å². The summed E-state index contributed by atoms with van der Waals surface area (Å²) in [5, 5.41) is 8.78. The van der Waals surface area contributed by atoms with E-state index in [0.717, 1.165) is 11.4 Å². The second kappa shape index (κ2) is 11.3. The molecular formula is C21H24N6O4S. The normalized spacial score (nSPS) is 11.5. The highest BCUT2D eigenvalue weighted by atomic mass is 32.2. The van der Waals surface area contributed by atoms with Crippen LogP contribution in [0.5, 0.6) is 5.75 Å². The summed E-state index contributed by atoms with van der Waals surface area (Å²) in [6.45, 7) is 2.38. The maximum atomic E-state index is 12.2. The van der Waals surface area contributed by atoms with E-state index >= 15 is 0 Å².